The molecule has 0 aliphatic rings. The van der Waals surface area contributed by atoms with Crippen LogP contribution in [0.2, 0.25) is 0 Å². The summed E-state index contributed by atoms with van der Waals surface area (Å²) in [5.41, 5.74) is 0. The van der Waals surface area contributed by atoms with Gasteiger partial charge in [0.15, 0.2) is 0 Å². The molecule has 0 aromatic rings. The van der Waals surface area contributed by atoms with E-state index in [0.717, 1.165) is 0 Å². The van der Waals surface area contributed by atoms with Crippen molar-refractivity contribution in [3.05, 3.63) is 0 Å². The van der Waals surface area contributed by atoms with E-state index in [0.29, 0.717) is 18.8 Å². The highest BCUT2D eigenvalue weighted by Crippen LogP contribution is 1.74. The summed E-state index contributed by atoms with van der Waals surface area (Å²) in [5.74, 6) is 0.748. The molecule has 3 nitrogen and oxygen atoms in total. The summed E-state index contributed by atoms with van der Waals surface area (Å²) in [6.07, 6.45) is 0. The molecule has 0 aliphatic heterocycles. The van der Waals surface area contributed by atoms with Crippen LogP contribution in [-0.4, -0.2) is 43.7 Å². The van der Waals surface area contributed by atoms with Gasteiger partial charge in [0, 0.05) is 12.3 Å². The van der Waals surface area contributed by atoms with Crippen molar-refractivity contribution in [1.82, 2.24) is 10.2 Å². The molecule has 0 radical (unpaired) electrons. The van der Waals surface area contributed by atoms with Crippen LogP contribution in [0.1, 0.15) is 0 Å². The van der Waals surface area contributed by atoms with Crippen LogP contribution in [0.25, 0.3) is 0 Å². The standard InChI is InChI=1S/C6H14N2OS.ClH/c1-8(2)5-6(9)7-3-4-10;/h10H,3-5H2,1-2H3,(H,7,9);1H. The zero-order valence-electron chi connectivity index (χ0n) is 6.83. The second kappa shape index (κ2) is 8.17. The van der Waals surface area contributed by atoms with E-state index in [1.165, 1.54) is 0 Å². The summed E-state index contributed by atoms with van der Waals surface area (Å²) >= 11 is 3.96. The van der Waals surface area contributed by atoms with Crippen LogP contribution in [0.3, 0.4) is 0 Å². The average Bonchev–Trinajstić information content (AvgIpc) is 1.82. The molecule has 11 heavy (non-hydrogen) atoms. The molecule has 0 atom stereocenters. The fraction of sp³-hybridized carbons (Fsp3) is 0.833. The molecule has 0 rings (SSSR count). The number of thiol groups is 1. The molecule has 0 unspecified atom stereocenters. The highest BCUT2D eigenvalue weighted by molar-refractivity contribution is 7.80. The van der Waals surface area contributed by atoms with Crippen molar-refractivity contribution in [2.24, 2.45) is 0 Å². The van der Waals surface area contributed by atoms with E-state index in [2.05, 4.69) is 17.9 Å². The van der Waals surface area contributed by atoms with E-state index >= 15 is 0 Å². The van der Waals surface area contributed by atoms with Gasteiger partial charge in [-0.25, -0.2) is 0 Å². The molecule has 0 fully saturated rings. The molecule has 0 spiro atoms. The minimum absolute atomic E-state index is 0. The lowest BCUT2D eigenvalue weighted by molar-refractivity contribution is -0.121. The minimum atomic E-state index is 0. The van der Waals surface area contributed by atoms with Crippen molar-refractivity contribution in [3.63, 3.8) is 0 Å². The van der Waals surface area contributed by atoms with Gasteiger partial charge in [0.2, 0.25) is 5.91 Å². The van der Waals surface area contributed by atoms with Gasteiger partial charge in [-0.05, 0) is 14.1 Å². The third kappa shape index (κ3) is 10.1. The van der Waals surface area contributed by atoms with Crippen LogP contribution in [0.15, 0.2) is 0 Å². The van der Waals surface area contributed by atoms with E-state index in [-0.39, 0.29) is 18.3 Å². The van der Waals surface area contributed by atoms with Gasteiger partial charge in [-0.2, -0.15) is 12.6 Å². The summed E-state index contributed by atoms with van der Waals surface area (Å²) in [6, 6.07) is 0. The molecule has 0 saturated carbocycles. The lowest BCUT2D eigenvalue weighted by Crippen LogP contribution is -2.34. The van der Waals surface area contributed by atoms with E-state index in [1.807, 2.05) is 19.0 Å². The lowest BCUT2D eigenvalue weighted by Gasteiger charge is -2.08. The molecule has 0 aliphatic carbocycles. The molecule has 1 amide bonds. The van der Waals surface area contributed by atoms with Crippen molar-refractivity contribution in [3.8, 4) is 0 Å². The Labute approximate surface area is 79.3 Å². The summed E-state index contributed by atoms with van der Waals surface area (Å²) in [7, 11) is 3.72. The van der Waals surface area contributed by atoms with E-state index in [4.69, 9.17) is 0 Å². The van der Waals surface area contributed by atoms with Crippen LogP contribution >= 0.6 is 25.0 Å². The van der Waals surface area contributed by atoms with Crippen LogP contribution < -0.4 is 5.32 Å². The Balaban J connectivity index is 0. The number of likely N-dealkylation sites (N-methyl/N-ethyl adjacent to an activating group) is 1. The Kier molecular flexibility index (Phi) is 10.1. The summed E-state index contributed by atoms with van der Waals surface area (Å²) in [4.78, 5) is 12.7. The summed E-state index contributed by atoms with van der Waals surface area (Å²) in [5, 5.41) is 2.71. The topological polar surface area (TPSA) is 32.3 Å². The van der Waals surface area contributed by atoms with Crippen molar-refractivity contribution in [2.45, 2.75) is 0 Å². The Hall–Kier alpha value is 0.0700. The van der Waals surface area contributed by atoms with E-state index in [9.17, 15) is 4.79 Å². The minimum Gasteiger partial charge on any atom is -0.354 e. The number of amides is 1. The van der Waals surface area contributed by atoms with Gasteiger partial charge in [0.25, 0.3) is 0 Å². The fourth-order valence-electron chi connectivity index (χ4n) is 0.538. The monoisotopic (exact) mass is 198 g/mol. The van der Waals surface area contributed by atoms with Crippen LogP contribution in [0, 0.1) is 0 Å². The number of hydrogen-bond donors (Lipinski definition) is 2. The number of rotatable bonds is 4. The summed E-state index contributed by atoms with van der Waals surface area (Å²) < 4.78 is 0. The number of carbonyl (C=O) groups excluding carboxylic acids is 1. The molecule has 0 aromatic heterocycles. The van der Waals surface area contributed by atoms with Crippen molar-refractivity contribution in [2.75, 3.05) is 32.9 Å². The first-order chi connectivity index (χ1) is 4.66. The second-order valence-electron chi connectivity index (χ2n) is 2.31. The highest BCUT2D eigenvalue weighted by Gasteiger charge is 1.99. The van der Waals surface area contributed by atoms with Crippen LogP contribution in [0.5, 0.6) is 0 Å². The molecule has 0 bridgehead atoms. The molecule has 0 aromatic carbocycles. The number of nitrogens with one attached hydrogen (secondary N) is 1. The maximum absolute atomic E-state index is 10.8. The maximum atomic E-state index is 10.8. The third-order valence-corrected chi connectivity index (χ3v) is 1.12. The third-order valence-electron chi connectivity index (χ3n) is 0.894. The van der Waals surface area contributed by atoms with Crippen molar-refractivity contribution < 1.29 is 4.79 Å². The Morgan fingerprint density at radius 3 is 2.45 bits per heavy atom. The first-order valence-corrected chi connectivity index (χ1v) is 3.82. The maximum Gasteiger partial charge on any atom is 0.234 e. The zero-order valence-corrected chi connectivity index (χ0v) is 8.54. The molecule has 1 N–H and O–H groups in total. The zero-order chi connectivity index (χ0) is 7.98. The lowest BCUT2D eigenvalue weighted by atomic mass is 10.5. The molecule has 0 heterocycles. The molecule has 68 valence electrons. The van der Waals surface area contributed by atoms with E-state index in [1.54, 1.807) is 0 Å². The molecule has 5 heteroatoms. The van der Waals surface area contributed by atoms with Crippen LogP contribution in [-0.2, 0) is 4.79 Å². The van der Waals surface area contributed by atoms with Crippen molar-refractivity contribution in [1.29, 1.82) is 0 Å². The number of hydrogen-bond acceptors (Lipinski definition) is 3. The normalized spacial score (nSPS) is 9.09. The van der Waals surface area contributed by atoms with Crippen LogP contribution in [0.4, 0.5) is 0 Å². The number of halogens is 1. The Morgan fingerprint density at radius 1 is 1.55 bits per heavy atom. The predicted octanol–water partition coefficient (Wildman–Crippen LogP) is 0.0158. The number of carbonyl (C=O) groups is 1. The molecule has 0 saturated heterocycles. The van der Waals surface area contributed by atoms with Crippen molar-refractivity contribution >= 4 is 30.9 Å². The quantitative estimate of drug-likeness (QED) is 0.625. The van der Waals surface area contributed by atoms with Gasteiger partial charge >= 0.3 is 0 Å². The van der Waals surface area contributed by atoms with Gasteiger partial charge in [0.1, 0.15) is 0 Å². The average molecular weight is 199 g/mol. The molecular weight excluding hydrogens is 184 g/mol. The smallest absolute Gasteiger partial charge is 0.234 e. The highest BCUT2D eigenvalue weighted by atomic mass is 35.5. The Morgan fingerprint density at radius 2 is 2.09 bits per heavy atom. The Bertz CT molecular complexity index is 111. The fourth-order valence-corrected chi connectivity index (χ4v) is 0.650. The van der Waals surface area contributed by atoms with Gasteiger partial charge in [-0.15, -0.1) is 12.4 Å². The SMILES string of the molecule is CN(C)CC(=O)NCCS.Cl. The van der Waals surface area contributed by atoms with Gasteiger partial charge < -0.3 is 10.2 Å². The van der Waals surface area contributed by atoms with Gasteiger partial charge in [-0.3, -0.25) is 4.79 Å². The van der Waals surface area contributed by atoms with Gasteiger partial charge in [0.05, 0.1) is 6.54 Å². The van der Waals surface area contributed by atoms with E-state index < -0.39 is 0 Å². The number of nitrogens with zero attached hydrogens (tertiary/aromatic N) is 1. The molecular formula is C6H15ClN2OS. The first kappa shape index (κ1) is 13.6. The first-order valence-electron chi connectivity index (χ1n) is 3.19. The summed E-state index contributed by atoms with van der Waals surface area (Å²) in [6.45, 7) is 1.10. The largest absolute Gasteiger partial charge is 0.354 e. The second-order valence-corrected chi connectivity index (χ2v) is 2.76. The van der Waals surface area contributed by atoms with Gasteiger partial charge in [-0.1, -0.05) is 0 Å². The predicted molar refractivity (Wildman–Crippen MR) is 52.7 cm³/mol.